The molecule has 2 aromatic rings. The molecule has 0 aliphatic rings. The fourth-order valence-corrected chi connectivity index (χ4v) is 1.10. The molecule has 0 spiro atoms. The molecule has 0 amide bonds. The van der Waals surface area contributed by atoms with Crippen LogP contribution in [0, 0.1) is 0 Å². The lowest BCUT2D eigenvalue weighted by atomic mass is 10.2. The van der Waals surface area contributed by atoms with Gasteiger partial charge >= 0.3 is 0 Å². The maximum atomic E-state index is 8.18. The Morgan fingerprint density at radius 2 is 2.07 bits per heavy atom. The Labute approximate surface area is 79.6 Å². The number of nitrogens with zero attached hydrogens (tertiary/aromatic N) is 4. The number of azide groups is 1. The minimum atomic E-state index is 0.242. The molecule has 0 fully saturated rings. The summed E-state index contributed by atoms with van der Waals surface area (Å²) in [4.78, 5) is 2.62. The Morgan fingerprint density at radius 1 is 1.29 bits per heavy atom. The Morgan fingerprint density at radius 3 is 2.79 bits per heavy atom. The molecular weight excluding hydrogens is 180 g/mol. The molecule has 0 unspecified atom stereocenters. The van der Waals surface area contributed by atoms with Gasteiger partial charge in [-0.2, -0.15) is 0 Å². The summed E-state index contributed by atoms with van der Waals surface area (Å²) in [7, 11) is 0. The lowest BCUT2D eigenvalue weighted by Gasteiger charge is -1.91. The Kier molecular flexibility index (Phi) is 2.17. The first kappa shape index (κ1) is 8.34. The molecule has 0 N–H and O–H groups in total. The molecule has 0 saturated heterocycles. The summed E-state index contributed by atoms with van der Waals surface area (Å²) in [5.41, 5.74) is 9.08. The standard InChI is InChI=1S/C9H6N4O/c10-13-11-9-6-8(14-12-9)7-4-2-1-3-5-7/h1-6H. The van der Waals surface area contributed by atoms with Gasteiger partial charge in [-0.1, -0.05) is 35.5 Å². The summed E-state index contributed by atoms with van der Waals surface area (Å²) >= 11 is 0. The van der Waals surface area contributed by atoms with Crippen LogP contribution in [0.4, 0.5) is 5.82 Å². The monoisotopic (exact) mass is 186 g/mol. The molecule has 1 aromatic heterocycles. The van der Waals surface area contributed by atoms with Crippen molar-refractivity contribution in [1.82, 2.24) is 5.16 Å². The second kappa shape index (κ2) is 3.64. The van der Waals surface area contributed by atoms with Gasteiger partial charge in [-0.3, -0.25) is 0 Å². The van der Waals surface area contributed by atoms with Crippen molar-refractivity contribution in [3.8, 4) is 11.3 Å². The molecule has 0 aliphatic carbocycles. The van der Waals surface area contributed by atoms with Gasteiger partial charge in [-0.15, -0.1) is 0 Å². The van der Waals surface area contributed by atoms with E-state index in [4.69, 9.17) is 10.1 Å². The molecule has 0 radical (unpaired) electrons. The van der Waals surface area contributed by atoms with E-state index in [1.165, 1.54) is 0 Å². The third kappa shape index (κ3) is 1.57. The molecule has 0 aliphatic heterocycles. The van der Waals surface area contributed by atoms with Crippen molar-refractivity contribution >= 4 is 5.82 Å². The number of benzene rings is 1. The largest absolute Gasteiger partial charge is 0.356 e. The SMILES string of the molecule is [N-]=[N+]=Nc1cc(-c2ccccc2)on1. The van der Waals surface area contributed by atoms with E-state index < -0.39 is 0 Å². The van der Waals surface area contributed by atoms with E-state index in [1.807, 2.05) is 30.3 Å². The molecule has 2 rings (SSSR count). The average molecular weight is 186 g/mol. The number of aromatic nitrogens is 1. The molecule has 1 aromatic carbocycles. The molecule has 1 heterocycles. The van der Waals surface area contributed by atoms with Crippen LogP contribution in [0.15, 0.2) is 46.0 Å². The van der Waals surface area contributed by atoms with Crippen LogP contribution in [0.2, 0.25) is 0 Å². The lowest BCUT2D eigenvalue weighted by Crippen LogP contribution is -1.69. The van der Waals surface area contributed by atoms with Crippen molar-refractivity contribution < 1.29 is 4.52 Å². The van der Waals surface area contributed by atoms with E-state index >= 15 is 0 Å². The quantitative estimate of drug-likeness (QED) is 0.410. The molecule has 0 saturated carbocycles. The smallest absolute Gasteiger partial charge is 0.170 e. The summed E-state index contributed by atoms with van der Waals surface area (Å²) in [6.07, 6.45) is 0. The van der Waals surface area contributed by atoms with E-state index in [2.05, 4.69) is 15.2 Å². The second-order valence-electron chi connectivity index (χ2n) is 2.60. The Hall–Kier alpha value is -2.26. The van der Waals surface area contributed by atoms with E-state index in [-0.39, 0.29) is 5.82 Å². The van der Waals surface area contributed by atoms with E-state index in [1.54, 1.807) is 6.07 Å². The van der Waals surface area contributed by atoms with Crippen molar-refractivity contribution in [3.63, 3.8) is 0 Å². The van der Waals surface area contributed by atoms with Gasteiger partial charge in [0.2, 0.25) is 0 Å². The highest BCUT2D eigenvalue weighted by Gasteiger charge is 2.03. The topological polar surface area (TPSA) is 74.8 Å². The molecular formula is C9H6N4O. The highest BCUT2D eigenvalue weighted by molar-refractivity contribution is 5.59. The molecule has 0 atom stereocenters. The fraction of sp³-hybridized carbons (Fsp3) is 0. The molecule has 68 valence electrons. The van der Waals surface area contributed by atoms with Crippen molar-refractivity contribution in [2.24, 2.45) is 5.11 Å². The number of hydrogen-bond acceptors (Lipinski definition) is 3. The summed E-state index contributed by atoms with van der Waals surface area (Å²) in [6.45, 7) is 0. The van der Waals surface area contributed by atoms with E-state index in [9.17, 15) is 0 Å². The minimum Gasteiger partial charge on any atom is -0.356 e. The van der Waals surface area contributed by atoms with Gasteiger partial charge in [0, 0.05) is 16.5 Å². The Bertz CT molecular complexity index is 471. The van der Waals surface area contributed by atoms with Gasteiger partial charge in [0.1, 0.15) is 0 Å². The summed E-state index contributed by atoms with van der Waals surface area (Å²) in [5, 5.41) is 6.92. The van der Waals surface area contributed by atoms with Gasteiger partial charge < -0.3 is 4.52 Å². The van der Waals surface area contributed by atoms with Gasteiger partial charge in [0.15, 0.2) is 11.6 Å². The van der Waals surface area contributed by atoms with Crippen LogP contribution in [-0.4, -0.2) is 5.16 Å². The number of rotatable bonds is 2. The van der Waals surface area contributed by atoms with Crippen LogP contribution in [-0.2, 0) is 0 Å². The third-order valence-electron chi connectivity index (χ3n) is 1.70. The van der Waals surface area contributed by atoms with Crippen molar-refractivity contribution in [2.45, 2.75) is 0 Å². The molecule has 0 bridgehead atoms. The zero-order valence-electron chi connectivity index (χ0n) is 7.16. The molecule has 14 heavy (non-hydrogen) atoms. The predicted molar refractivity (Wildman–Crippen MR) is 50.7 cm³/mol. The first-order valence-corrected chi connectivity index (χ1v) is 3.97. The van der Waals surface area contributed by atoms with Gasteiger partial charge in [0.25, 0.3) is 0 Å². The third-order valence-corrected chi connectivity index (χ3v) is 1.70. The van der Waals surface area contributed by atoms with Crippen LogP contribution >= 0.6 is 0 Å². The summed E-state index contributed by atoms with van der Waals surface area (Å²) < 4.78 is 4.99. The van der Waals surface area contributed by atoms with Gasteiger partial charge in [-0.05, 0) is 10.6 Å². The van der Waals surface area contributed by atoms with Crippen LogP contribution < -0.4 is 0 Å². The zero-order chi connectivity index (χ0) is 9.80. The maximum absolute atomic E-state index is 8.18. The van der Waals surface area contributed by atoms with Gasteiger partial charge in [-0.25, -0.2) is 0 Å². The molecule has 5 heteroatoms. The number of hydrogen-bond donors (Lipinski definition) is 0. The van der Waals surface area contributed by atoms with Crippen molar-refractivity contribution in [1.29, 1.82) is 0 Å². The van der Waals surface area contributed by atoms with Crippen LogP contribution in [0.25, 0.3) is 21.8 Å². The van der Waals surface area contributed by atoms with Crippen LogP contribution in [0.1, 0.15) is 0 Å². The summed E-state index contributed by atoms with van der Waals surface area (Å²) in [5.74, 6) is 0.833. The zero-order valence-corrected chi connectivity index (χ0v) is 7.16. The minimum absolute atomic E-state index is 0.242. The maximum Gasteiger partial charge on any atom is 0.170 e. The van der Waals surface area contributed by atoms with Crippen LogP contribution in [0.5, 0.6) is 0 Å². The van der Waals surface area contributed by atoms with E-state index in [0.29, 0.717) is 5.76 Å². The lowest BCUT2D eigenvalue weighted by molar-refractivity contribution is 0.434. The molecule has 5 nitrogen and oxygen atoms in total. The van der Waals surface area contributed by atoms with Gasteiger partial charge in [0.05, 0.1) is 0 Å². The fourth-order valence-electron chi connectivity index (χ4n) is 1.10. The van der Waals surface area contributed by atoms with Crippen molar-refractivity contribution in [2.75, 3.05) is 0 Å². The van der Waals surface area contributed by atoms with Crippen molar-refractivity contribution in [3.05, 3.63) is 46.8 Å². The predicted octanol–water partition coefficient (Wildman–Crippen LogP) is 3.28. The first-order chi connectivity index (χ1) is 6.90. The second-order valence-corrected chi connectivity index (χ2v) is 2.60. The highest BCUT2D eigenvalue weighted by atomic mass is 16.5. The van der Waals surface area contributed by atoms with E-state index in [0.717, 1.165) is 5.56 Å². The first-order valence-electron chi connectivity index (χ1n) is 3.97. The normalized spacial score (nSPS) is 9.43. The summed E-state index contributed by atoms with van der Waals surface area (Å²) in [6, 6.07) is 11.1. The Balaban J connectivity index is 2.39. The highest BCUT2D eigenvalue weighted by Crippen LogP contribution is 2.23. The average Bonchev–Trinajstić information content (AvgIpc) is 2.68. The van der Waals surface area contributed by atoms with Crippen LogP contribution in [0.3, 0.4) is 0 Å².